The molecule has 0 saturated heterocycles. The summed E-state index contributed by atoms with van der Waals surface area (Å²) < 4.78 is 8.83. The van der Waals surface area contributed by atoms with E-state index >= 15 is 0 Å². The second-order valence-corrected chi connectivity index (χ2v) is 6.02. The molecule has 0 fully saturated rings. The molecule has 0 atom stereocenters. The van der Waals surface area contributed by atoms with Gasteiger partial charge in [0.25, 0.3) is 0 Å². The van der Waals surface area contributed by atoms with Crippen molar-refractivity contribution in [1.82, 2.24) is 0 Å². The van der Waals surface area contributed by atoms with E-state index in [1.165, 1.54) is 14.2 Å². The zero-order valence-corrected chi connectivity index (χ0v) is 10.5. The van der Waals surface area contributed by atoms with Crippen molar-refractivity contribution in [2.24, 2.45) is 0 Å². The molecule has 0 aliphatic rings. The molecule has 0 bridgehead atoms. The first-order valence-electron chi connectivity index (χ1n) is 1.90. The number of hydrogen-bond acceptors (Lipinski definition) is 5. The predicted molar refractivity (Wildman–Crippen MR) is 45.2 cm³/mol. The van der Waals surface area contributed by atoms with Gasteiger partial charge < -0.3 is 0 Å². The minimum absolute atomic E-state index is 0. The molecule has 8 heteroatoms. The SMILES string of the molecule is COOP(=S)(S)OOC.[Na]. The van der Waals surface area contributed by atoms with Gasteiger partial charge in [-0.1, -0.05) is 12.2 Å². The van der Waals surface area contributed by atoms with Crippen LogP contribution in [0.2, 0.25) is 0 Å². The molecule has 0 N–H and O–H groups in total. The first-order chi connectivity index (χ1) is 4.12. The first kappa shape index (κ1) is 14.4. The maximum atomic E-state index is 4.62. The molecule has 0 heterocycles. The van der Waals surface area contributed by atoms with E-state index in [0.29, 0.717) is 0 Å². The molecule has 57 valence electrons. The molecular formula is C2H7NaO4PS2. The summed E-state index contributed by atoms with van der Waals surface area (Å²) in [6.45, 7) is 0. The molecule has 0 saturated carbocycles. The van der Waals surface area contributed by atoms with Crippen LogP contribution < -0.4 is 0 Å². The van der Waals surface area contributed by atoms with Crippen LogP contribution in [0, 0.1) is 0 Å². The maximum Gasteiger partial charge on any atom is 0.304 e. The molecule has 0 rings (SSSR count). The summed E-state index contributed by atoms with van der Waals surface area (Å²) in [6, 6.07) is 0. The van der Waals surface area contributed by atoms with Crippen LogP contribution in [0.15, 0.2) is 0 Å². The third-order valence-electron chi connectivity index (χ3n) is 0.337. The average molecular weight is 213 g/mol. The van der Waals surface area contributed by atoms with E-state index in [0.717, 1.165) is 0 Å². The molecule has 0 aromatic rings. The minimum atomic E-state index is -2.61. The van der Waals surface area contributed by atoms with Crippen LogP contribution in [0.3, 0.4) is 0 Å². The second kappa shape index (κ2) is 7.49. The molecule has 0 aromatic carbocycles. The summed E-state index contributed by atoms with van der Waals surface area (Å²) in [5.41, 5.74) is -2.61. The van der Waals surface area contributed by atoms with Gasteiger partial charge in [-0.3, -0.25) is 0 Å². The van der Waals surface area contributed by atoms with Crippen molar-refractivity contribution in [2.75, 3.05) is 14.2 Å². The van der Waals surface area contributed by atoms with Gasteiger partial charge in [0.1, 0.15) is 0 Å². The van der Waals surface area contributed by atoms with E-state index in [4.69, 9.17) is 0 Å². The van der Waals surface area contributed by atoms with Crippen molar-refractivity contribution in [2.45, 2.75) is 0 Å². The van der Waals surface area contributed by atoms with Crippen LogP contribution in [0.1, 0.15) is 0 Å². The Balaban J connectivity index is 0. The number of hydrogen-bond donors (Lipinski definition) is 1. The Hall–Kier alpha value is 1.84. The Morgan fingerprint density at radius 1 is 1.20 bits per heavy atom. The fraction of sp³-hybridized carbons (Fsp3) is 1.00. The number of thiol groups is 1. The van der Waals surface area contributed by atoms with Gasteiger partial charge in [-0.15, -0.1) is 0 Å². The van der Waals surface area contributed by atoms with Crippen LogP contribution in [0.25, 0.3) is 0 Å². The van der Waals surface area contributed by atoms with Crippen LogP contribution >= 0.6 is 17.9 Å². The van der Waals surface area contributed by atoms with E-state index in [1.54, 1.807) is 0 Å². The molecule has 0 aliphatic carbocycles. The van der Waals surface area contributed by atoms with Gasteiger partial charge in [-0.25, -0.2) is 9.78 Å². The van der Waals surface area contributed by atoms with Crippen molar-refractivity contribution in [3.8, 4) is 0 Å². The molecule has 0 spiro atoms. The Morgan fingerprint density at radius 2 is 1.50 bits per heavy atom. The largest absolute Gasteiger partial charge is 0.304 e. The summed E-state index contributed by atoms with van der Waals surface area (Å²) in [5.74, 6) is 0. The van der Waals surface area contributed by atoms with E-state index in [2.05, 4.69) is 43.2 Å². The zero-order chi connectivity index (χ0) is 7.33. The van der Waals surface area contributed by atoms with Crippen LogP contribution in [-0.2, 0) is 30.9 Å². The van der Waals surface area contributed by atoms with Gasteiger partial charge >= 0.3 is 5.69 Å². The molecule has 0 aliphatic heterocycles. The van der Waals surface area contributed by atoms with Gasteiger partial charge in [0, 0.05) is 29.6 Å². The molecule has 10 heavy (non-hydrogen) atoms. The van der Waals surface area contributed by atoms with E-state index in [9.17, 15) is 0 Å². The van der Waals surface area contributed by atoms with Crippen molar-refractivity contribution in [3.05, 3.63) is 0 Å². The van der Waals surface area contributed by atoms with Gasteiger partial charge in [0.05, 0.1) is 14.2 Å². The average Bonchev–Trinajstić information content (AvgIpc) is 1.64. The number of rotatable bonds is 4. The van der Waals surface area contributed by atoms with Crippen molar-refractivity contribution < 1.29 is 19.1 Å². The molecular weight excluding hydrogens is 206 g/mol. The van der Waals surface area contributed by atoms with E-state index in [-0.39, 0.29) is 29.6 Å². The van der Waals surface area contributed by atoms with Crippen molar-refractivity contribution in [3.63, 3.8) is 0 Å². The van der Waals surface area contributed by atoms with Crippen molar-refractivity contribution in [1.29, 1.82) is 0 Å². The summed E-state index contributed by atoms with van der Waals surface area (Å²) in [4.78, 5) is 8.45. The van der Waals surface area contributed by atoms with Gasteiger partial charge in [0.2, 0.25) is 0 Å². The Labute approximate surface area is 92.0 Å². The first-order valence-corrected chi connectivity index (χ1v) is 5.69. The summed E-state index contributed by atoms with van der Waals surface area (Å²) in [7, 11) is 2.63. The molecule has 0 aromatic heterocycles. The third-order valence-corrected chi connectivity index (χ3v) is 1.78. The van der Waals surface area contributed by atoms with Crippen molar-refractivity contribution >= 4 is 59.3 Å². The quantitative estimate of drug-likeness (QED) is 0.247. The van der Waals surface area contributed by atoms with Crippen LogP contribution in [0.5, 0.6) is 0 Å². The van der Waals surface area contributed by atoms with Gasteiger partial charge in [0.15, 0.2) is 0 Å². The fourth-order valence-corrected chi connectivity index (χ4v) is 1.37. The standard InChI is InChI=1S/C2H7O4PS2.Na/c1-3-5-7(8,9)6-4-2;/h1-2H3,(H,8,9);. The fourth-order valence-electron chi connectivity index (χ4n) is 0.201. The molecule has 4 nitrogen and oxygen atoms in total. The van der Waals surface area contributed by atoms with Crippen LogP contribution in [0.4, 0.5) is 0 Å². The van der Waals surface area contributed by atoms with Gasteiger partial charge in [-0.2, -0.15) is 9.35 Å². The minimum Gasteiger partial charge on any atom is -0.233 e. The Kier molecular flexibility index (Phi) is 10.8. The zero-order valence-electron chi connectivity index (χ0n) is 5.94. The molecule has 1 radical (unpaired) electrons. The predicted octanol–water partition coefficient (Wildman–Crippen LogP) is 0.916. The third kappa shape index (κ3) is 7.94. The monoisotopic (exact) mass is 213 g/mol. The molecule has 0 amide bonds. The topological polar surface area (TPSA) is 36.9 Å². The normalized spacial score (nSPS) is 10.7. The summed E-state index contributed by atoms with van der Waals surface area (Å²) in [5, 5.41) is 0. The Morgan fingerprint density at radius 3 is 1.70 bits per heavy atom. The van der Waals surface area contributed by atoms with E-state index < -0.39 is 5.69 Å². The van der Waals surface area contributed by atoms with E-state index in [1.807, 2.05) is 0 Å². The van der Waals surface area contributed by atoms with Crippen LogP contribution in [-0.4, -0.2) is 43.8 Å². The second-order valence-electron chi connectivity index (χ2n) is 0.951. The summed E-state index contributed by atoms with van der Waals surface area (Å²) >= 11 is 8.40. The maximum absolute atomic E-state index is 4.62. The smallest absolute Gasteiger partial charge is 0.233 e. The van der Waals surface area contributed by atoms with Gasteiger partial charge in [-0.05, 0) is 11.8 Å². The summed E-state index contributed by atoms with van der Waals surface area (Å²) in [6.07, 6.45) is 0. The Bertz CT molecular complexity index is 112. The molecule has 0 unspecified atom stereocenters.